The lowest BCUT2D eigenvalue weighted by atomic mass is 10.1. The Kier molecular flexibility index (Phi) is 5.37. The van der Waals surface area contributed by atoms with Crippen molar-refractivity contribution < 1.29 is 14.3 Å². The molecule has 1 aliphatic rings. The summed E-state index contributed by atoms with van der Waals surface area (Å²) in [4.78, 5) is 13.8. The minimum atomic E-state index is -0.446. The van der Waals surface area contributed by atoms with Crippen LogP contribution in [-0.4, -0.2) is 35.8 Å². The molecule has 1 aromatic rings. The zero-order valence-corrected chi connectivity index (χ0v) is 15.3. The summed E-state index contributed by atoms with van der Waals surface area (Å²) in [6.07, 6.45) is 1.56. The number of hydrogen-bond donors (Lipinski definition) is 0. The molecule has 0 bridgehead atoms. The lowest BCUT2D eigenvalue weighted by molar-refractivity contribution is 0.0126. The van der Waals surface area contributed by atoms with Gasteiger partial charge < -0.3 is 14.4 Å². The molecule has 5 heteroatoms. The second-order valence-electron chi connectivity index (χ2n) is 6.70. The lowest BCUT2D eigenvalue weighted by Crippen LogP contribution is -2.44. The summed E-state index contributed by atoms with van der Waals surface area (Å²) in [5.74, 6) is 0.869. The third-order valence-electron chi connectivity index (χ3n) is 3.54. The summed E-state index contributed by atoms with van der Waals surface area (Å²) in [6.45, 7) is 9.05. The van der Waals surface area contributed by atoms with E-state index in [1.54, 1.807) is 4.90 Å². The molecule has 2 rings (SSSR count). The number of benzene rings is 1. The predicted octanol–water partition coefficient (Wildman–Crippen LogP) is 4.54. The van der Waals surface area contributed by atoms with Crippen molar-refractivity contribution in [1.29, 1.82) is 0 Å². The summed E-state index contributed by atoms with van der Waals surface area (Å²) < 4.78 is 12.5. The number of likely N-dealkylation sites (tertiary alicyclic amines) is 1. The number of carbonyl (C=O) groups excluding carboxylic acids is 1. The fourth-order valence-corrected chi connectivity index (χ4v) is 2.68. The highest BCUT2D eigenvalue weighted by Crippen LogP contribution is 2.25. The average Bonchev–Trinajstić information content (AvgIpc) is 2.42. The normalized spacial score (nSPS) is 16.5. The van der Waals surface area contributed by atoms with Crippen LogP contribution in [0.5, 0.6) is 5.75 Å². The van der Waals surface area contributed by atoms with Gasteiger partial charge in [-0.1, -0.05) is 22.0 Å². The van der Waals surface area contributed by atoms with E-state index in [-0.39, 0.29) is 12.2 Å². The van der Waals surface area contributed by atoms with Crippen molar-refractivity contribution in [2.75, 3.05) is 13.1 Å². The van der Waals surface area contributed by atoms with Gasteiger partial charge in [-0.05, 0) is 45.4 Å². The van der Waals surface area contributed by atoms with E-state index in [0.717, 1.165) is 23.1 Å². The molecule has 22 heavy (non-hydrogen) atoms. The number of piperidine rings is 1. The molecule has 0 N–H and O–H groups in total. The Morgan fingerprint density at radius 2 is 1.91 bits per heavy atom. The molecule has 1 aliphatic heterocycles. The quantitative estimate of drug-likeness (QED) is 0.768. The summed E-state index contributed by atoms with van der Waals surface area (Å²) >= 11 is 3.52. The molecule has 122 valence electrons. The van der Waals surface area contributed by atoms with E-state index in [9.17, 15) is 4.79 Å². The van der Waals surface area contributed by atoms with Gasteiger partial charge in [0.2, 0.25) is 0 Å². The summed E-state index contributed by atoms with van der Waals surface area (Å²) in [5.41, 5.74) is 0.741. The molecule has 1 aromatic carbocycles. The minimum Gasteiger partial charge on any atom is -0.490 e. The van der Waals surface area contributed by atoms with E-state index in [2.05, 4.69) is 15.9 Å². The maximum atomic E-state index is 12.0. The van der Waals surface area contributed by atoms with Gasteiger partial charge in [0.05, 0.1) is 0 Å². The molecule has 1 amide bonds. The van der Waals surface area contributed by atoms with Crippen LogP contribution >= 0.6 is 15.9 Å². The van der Waals surface area contributed by atoms with Gasteiger partial charge in [-0.25, -0.2) is 4.79 Å². The van der Waals surface area contributed by atoms with Crippen molar-refractivity contribution in [3.05, 3.63) is 28.2 Å². The van der Waals surface area contributed by atoms with Gasteiger partial charge in [0.25, 0.3) is 0 Å². The molecular weight excluding hydrogens is 346 g/mol. The van der Waals surface area contributed by atoms with Gasteiger partial charge in [0, 0.05) is 30.4 Å². The Morgan fingerprint density at radius 3 is 2.45 bits per heavy atom. The zero-order valence-electron chi connectivity index (χ0n) is 13.7. The maximum Gasteiger partial charge on any atom is 0.410 e. The van der Waals surface area contributed by atoms with Gasteiger partial charge in [-0.2, -0.15) is 0 Å². The highest BCUT2D eigenvalue weighted by molar-refractivity contribution is 9.10. The number of aryl methyl sites for hydroxylation is 1. The standard InChI is InChI=1S/C17H24BrNO3/c1-12-5-6-14(11-15(12)18)21-13-7-9-19(10-8-13)16(20)22-17(2,3)4/h5-6,11,13H,7-10H2,1-4H3. The molecule has 4 nitrogen and oxygen atoms in total. The zero-order chi connectivity index (χ0) is 16.3. The number of carbonyl (C=O) groups is 1. The van der Waals surface area contributed by atoms with Gasteiger partial charge in [-0.15, -0.1) is 0 Å². The van der Waals surface area contributed by atoms with Crippen LogP contribution in [0, 0.1) is 6.92 Å². The Labute approximate surface area is 140 Å². The lowest BCUT2D eigenvalue weighted by Gasteiger charge is -2.33. The first-order valence-corrected chi connectivity index (χ1v) is 8.44. The first-order valence-electron chi connectivity index (χ1n) is 7.65. The van der Waals surface area contributed by atoms with Crippen LogP contribution < -0.4 is 4.74 Å². The number of halogens is 1. The molecule has 0 aromatic heterocycles. The van der Waals surface area contributed by atoms with Crippen LogP contribution in [0.4, 0.5) is 4.79 Å². The van der Waals surface area contributed by atoms with Crippen molar-refractivity contribution in [2.24, 2.45) is 0 Å². The van der Waals surface area contributed by atoms with E-state index in [1.165, 1.54) is 5.56 Å². The summed E-state index contributed by atoms with van der Waals surface area (Å²) in [6, 6.07) is 6.02. The van der Waals surface area contributed by atoms with Crippen LogP contribution in [0.3, 0.4) is 0 Å². The van der Waals surface area contributed by atoms with Crippen molar-refractivity contribution >= 4 is 22.0 Å². The van der Waals surface area contributed by atoms with Crippen LogP contribution in [0.2, 0.25) is 0 Å². The number of amides is 1. The van der Waals surface area contributed by atoms with E-state index < -0.39 is 5.60 Å². The maximum absolute atomic E-state index is 12.0. The van der Waals surface area contributed by atoms with Gasteiger partial charge in [0.1, 0.15) is 17.5 Å². The van der Waals surface area contributed by atoms with Crippen LogP contribution in [-0.2, 0) is 4.74 Å². The smallest absolute Gasteiger partial charge is 0.410 e. The van der Waals surface area contributed by atoms with Crippen molar-refractivity contribution in [2.45, 2.75) is 52.2 Å². The molecule has 0 unspecified atom stereocenters. The summed E-state index contributed by atoms with van der Waals surface area (Å²) in [5, 5.41) is 0. The van der Waals surface area contributed by atoms with Gasteiger partial charge >= 0.3 is 6.09 Å². The molecule has 0 aliphatic carbocycles. The molecule has 1 heterocycles. The second kappa shape index (κ2) is 6.90. The number of rotatable bonds is 2. The molecular formula is C17H24BrNO3. The highest BCUT2D eigenvalue weighted by atomic mass is 79.9. The van der Waals surface area contributed by atoms with Crippen LogP contribution in [0.25, 0.3) is 0 Å². The monoisotopic (exact) mass is 369 g/mol. The average molecular weight is 370 g/mol. The molecule has 0 radical (unpaired) electrons. The van der Waals surface area contributed by atoms with E-state index >= 15 is 0 Å². The SMILES string of the molecule is Cc1ccc(OC2CCN(C(=O)OC(C)(C)C)CC2)cc1Br. The van der Waals surface area contributed by atoms with Crippen molar-refractivity contribution in [3.8, 4) is 5.75 Å². The highest BCUT2D eigenvalue weighted by Gasteiger charge is 2.27. The van der Waals surface area contributed by atoms with Crippen molar-refractivity contribution in [3.63, 3.8) is 0 Å². The van der Waals surface area contributed by atoms with Crippen LogP contribution in [0.15, 0.2) is 22.7 Å². The van der Waals surface area contributed by atoms with Gasteiger partial charge in [0.15, 0.2) is 0 Å². The third-order valence-corrected chi connectivity index (χ3v) is 4.39. The van der Waals surface area contributed by atoms with Gasteiger partial charge in [-0.3, -0.25) is 0 Å². The number of hydrogen-bond acceptors (Lipinski definition) is 3. The Balaban J connectivity index is 1.84. The fourth-order valence-electron chi connectivity index (χ4n) is 2.32. The largest absolute Gasteiger partial charge is 0.490 e. The molecule has 1 saturated heterocycles. The van der Waals surface area contributed by atoms with E-state index in [1.807, 2.05) is 45.9 Å². The Bertz CT molecular complexity index is 531. The third kappa shape index (κ3) is 4.90. The topological polar surface area (TPSA) is 38.8 Å². The van der Waals surface area contributed by atoms with E-state index in [0.29, 0.717) is 13.1 Å². The molecule has 0 atom stereocenters. The second-order valence-corrected chi connectivity index (χ2v) is 7.55. The molecule has 0 saturated carbocycles. The number of ether oxygens (including phenoxy) is 2. The predicted molar refractivity (Wildman–Crippen MR) is 90.3 cm³/mol. The first kappa shape index (κ1) is 17.1. The first-order chi connectivity index (χ1) is 10.2. The van der Waals surface area contributed by atoms with E-state index in [4.69, 9.17) is 9.47 Å². The minimum absolute atomic E-state index is 0.147. The fraction of sp³-hybridized carbons (Fsp3) is 0.588. The molecule has 1 fully saturated rings. The summed E-state index contributed by atoms with van der Waals surface area (Å²) in [7, 11) is 0. The molecule has 0 spiro atoms. The Hall–Kier alpha value is -1.23. The number of nitrogens with zero attached hydrogens (tertiary/aromatic N) is 1. The van der Waals surface area contributed by atoms with Crippen LogP contribution in [0.1, 0.15) is 39.2 Å². The van der Waals surface area contributed by atoms with Crippen molar-refractivity contribution in [1.82, 2.24) is 4.90 Å². The Morgan fingerprint density at radius 1 is 1.27 bits per heavy atom.